The maximum Gasteiger partial charge on any atom is 0.183 e. The molecule has 1 aromatic heterocycles. The quantitative estimate of drug-likeness (QED) is 0.794. The van der Waals surface area contributed by atoms with E-state index in [0.717, 1.165) is 17.2 Å². The minimum absolute atomic E-state index is 0.0456. The first-order valence-electron chi connectivity index (χ1n) is 6.75. The molecule has 0 aliphatic carbocycles. The molecule has 0 saturated carbocycles. The fraction of sp³-hybridized carbons (Fsp3) is 0.500. The van der Waals surface area contributed by atoms with Crippen molar-refractivity contribution in [1.29, 1.82) is 0 Å². The van der Waals surface area contributed by atoms with Crippen LogP contribution in [0.5, 0.6) is 0 Å². The monoisotopic (exact) mass is 293 g/mol. The van der Waals surface area contributed by atoms with Gasteiger partial charge >= 0.3 is 0 Å². The van der Waals surface area contributed by atoms with Gasteiger partial charge < -0.3 is 20.5 Å². The van der Waals surface area contributed by atoms with Crippen LogP contribution in [0.2, 0.25) is 0 Å². The lowest BCUT2D eigenvalue weighted by atomic mass is 10.0. The third kappa shape index (κ3) is 2.78. The molecule has 1 unspecified atom stereocenters. The number of aryl methyl sites for hydroxylation is 1. The zero-order valence-corrected chi connectivity index (χ0v) is 12.3. The van der Waals surface area contributed by atoms with E-state index in [1.165, 1.54) is 10.3 Å². The molecule has 0 radical (unpaired) electrons. The Morgan fingerprint density at radius 3 is 3.20 bits per heavy atom. The van der Waals surface area contributed by atoms with Gasteiger partial charge in [-0.05, 0) is 24.6 Å². The lowest BCUT2D eigenvalue weighted by Crippen LogP contribution is -2.60. The highest BCUT2D eigenvalue weighted by molar-refractivity contribution is 7.22. The number of benzene rings is 1. The molecule has 20 heavy (non-hydrogen) atoms. The number of hydrogen-bond donors (Lipinski definition) is 3. The molecule has 0 spiro atoms. The predicted octanol–water partition coefficient (Wildman–Crippen LogP) is 1.37. The fourth-order valence-corrected chi connectivity index (χ4v) is 3.18. The topological polar surface area (TPSA) is 66.4 Å². The number of thiazole rings is 1. The van der Waals surface area contributed by atoms with E-state index >= 15 is 0 Å². The van der Waals surface area contributed by atoms with Crippen LogP contribution in [0.3, 0.4) is 0 Å². The first-order valence-corrected chi connectivity index (χ1v) is 7.57. The van der Waals surface area contributed by atoms with Gasteiger partial charge in [0.05, 0.1) is 35.6 Å². The minimum atomic E-state index is -0.411. The second-order valence-corrected chi connectivity index (χ2v) is 6.29. The van der Waals surface area contributed by atoms with Gasteiger partial charge in [0.15, 0.2) is 5.13 Å². The number of nitrogens with zero attached hydrogens (tertiary/aromatic N) is 1. The average Bonchev–Trinajstić information content (AvgIpc) is 2.88. The van der Waals surface area contributed by atoms with E-state index in [2.05, 4.69) is 40.7 Å². The SMILES string of the molecule is Cc1ccc2sc(NCC3(CO)COCCN3)nc2c1. The summed E-state index contributed by atoms with van der Waals surface area (Å²) in [5, 5.41) is 17.1. The third-order valence-electron chi connectivity index (χ3n) is 3.55. The van der Waals surface area contributed by atoms with Gasteiger partial charge in [0.1, 0.15) is 0 Å². The average molecular weight is 293 g/mol. The minimum Gasteiger partial charge on any atom is -0.394 e. The van der Waals surface area contributed by atoms with Crippen molar-refractivity contribution in [3.63, 3.8) is 0 Å². The molecule has 5 nitrogen and oxygen atoms in total. The van der Waals surface area contributed by atoms with Crippen LogP contribution in [-0.2, 0) is 4.74 Å². The predicted molar refractivity (Wildman–Crippen MR) is 81.5 cm³/mol. The second kappa shape index (κ2) is 5.65. The zero-order valence-electron chi connectivity index (χ0n) is 11.5. The molecular formula is C14H19N3O2S. The van der Waals surface area contributed by atoms with E-state index < -0.39 is 5.54 Å². The van der Waals surface area contributed by atoms with E-state index in [9.17, 15) is 5.11 Å². The molecule has 2 aromatic rings. The summed E-state index contributed by atoms with van der Waals surface area (Å²) in [6, 6.07) is 6.27. The number of rotatable bonds is 4. The molecule has 2 heterocycles. The van der Waals surface area contributed by atoms with E-state index in [1.807, 2.05) is 0 Å². The van der Waals surface area contributed by atoms with Crippen molar-refractivity contribution in [2.75, 3.05) is 38.2 Å². The molecule has 1 fully saturated rings. The number of nitrogens with one attached hydrogen (secondary N) is 2. The molecule has 6 heteroatoms. The summed E-state index contributed by atoms with van der Waals surface area (Å²) in [5.41, 5.74) is 1.82. The summed E-state index contributed by atoms with van der Waals surface area (Å²) in [4.78, 5) is 4.58. The van der Waals surface area contributed by atoms with Crippen LogP contribution in [0.1, 0.15) is 5.56 Å². The first kappa shape index (κ1) is 13.8. The number of fused-ring (bicyclic) bond motifs is 1. The Kier molecular flexibility index (Phi) is 3.89. The Morgan fingerprint density at radius 2 is 2.45 bits per heavy atom. The van der Waals surface area contributed by atoms with Crippen LogP contribution in [0.4, 0.5) is 5.13 Å². The molecule has 3 N–H and O–H groups in total. The number of ether oxygens (including phenoxy) is 1. The van der Waals surface area contributed by atoms with Gasteiger partial charge in [-0.15, -0.1) is 0 Å². The van der Waals surface area contributed by atoms with E-state index in [4.69, 9.17) is 4.74 Å². The van der Waals surface area contributed by atoms with Crippen molar-refractivity contribution in [2.24, 2.45) is 0 Å². The largest absolute Gasteiger partial charge is 0.394 e. The van der Waals surface area contributed by atoms with Gasteiger partial charge in [0, 0.05) is 13.1 Å². The number of hydrogen-bond acceptors (Lipinski definition) is 6. The summed E-state index contributed by atoms with van der Waals surface area (Å²) in [5.74, 6) is 0. The Morgan fingerprint density at radius 1 is 1.55 bits per heavy atom. The molecule has 1 aliphatic rings. The number of aromatic nitrogens is 1. The van der Waals surface area contributed by atoms with Crippen molar-refractivity contribution in [3.05, 3.63) is 23.8 Å². The van der Waals surface area contributed by atoms with Gasteiger partial charge in [0.25, 0.3) is 0 Å². The van der Waals surface area contributed by atoms with Gasteiger partial charge in [0.2, 0.25) is 0 Å². The van der Waals surface area contributed by atoms with E-state index in [-0.39, 0.29) is 6.61 Å². The van der Waals surface area contributed by atoms with E-state index in [0.29, 0.717) is 19.8 Å². The Bertz CT molecular complexity index is 593. The molecule has 3 rings (SSSR count). The number of aliphatic hydroxyl groups is 1. The molecule has 0 bridgehead atoms. The van der Waals surface area contributed by atoms with Crippen LogP contribution in [-0.4, -0.2) is 48.5 Å². The van der Waals surface area contributed by atoms with Gasteiger partial charge in [-0.2, -0.15) is 0 Å². The van der Waals surface area contributed by atoms with Gasteiger partial charge in [-0.25, -0.2) is 4.98 Å². The van der Waals surface area contributed by atoms with Crippen LogP contribution in [0.25, 0.3) is 10.2 Å². The van der Waals surface area contributed by atoms with Crippen molar-refractivity contribution < 1.29 is 9.84 Å². The second-order valence-electron chi connectivity index (χ2n) is 5.26. The molecule has 1 aromatic carbocycles. The first-order chi connectivity index (χ1) is 9.71. The lowest BCUT2D eigenvalue weighted by Gasteiger charge is -2.36. The number of aliphatic hydroxyl groups excluding tert-OH is 1. The third-order valence-corrected chi connectivity index (χ3v) is 4.54. The van der Waals surface area contributed by atoms with Crippen LogP contribution in [0, 0.1) is 6.92 Å². The highest BCUT2D eigenvalue weighted by atomic mass is 32.1. The standard InChI is InChI=1S/C14H19N3O2S/c1-10-2-3-12-11(6-10)17-13(20-12)15-7-14(8-18)9-19-5-4-16-14/h2-3,6,16,18H,4-5,7-9H2,1H3,(H,15,17). The summed E-state index contributed by atoms with van der Waals surface area (Å²) in [6.07, 6.45) is 0. The van der Waals surface area contributed by atoms with Crippen LogP contribution >= 0.6 is 11.3 Å². The summed E-state index contributed by atoms with van der Waals surface area (Å²) in [7, 11) is 0. The van der Waals surface area contributed by atoms with Crippen LogP contribution < -0.4 is 10.6 Å². The summed E-state index contributed by atoms with van der Waals surface area (Å²) < 4.78 is 6.63. The molecule has 1 atom stereocenters. The van der Waals surface area contributed by atoms with Crippen molar-refractivity contribution in [1.82, 2.24) is 10.3 Å². The summed E-state index contributed by atoms with van der Waals surface area (Å²) >= 11 is 1.63. The van der Waals surface area contributed by atoms with E-state index in [1.54, 1.807) is 11.3 Å². The van der Waals surface area contributed by atoms with Crippen LogP contribution in [0.15, 0.2) is 18.2 Å². The fourth-order valence-electron chi connectivity index (χ4n) is 2.34. The highest BCUT2D eigenvalue weighted by Crippen LogP contribution is 2.27. The molecule has 0 amide bonds. The maximum atomic E-state index is 9.60. The highest BCUT2D eigenvalue weighted by Gasteiger charge is 2.31. The normalized spacial score (nSPS) is 23.1. The molecule has 1 saturated heterocycles. The molecule has 108 valence electrons. The van der Waals surface area contributed by atoms with Crippen molar-refractivity contribution in [2.45, 2.75) is 12.5 Å². The molecule has 1 aliphatic heterocycles. The summed E-state index contributed by atoms with van der Waals surface area (Å²) in [6.45, 7) is 4.69. The Labute approximate surface area is 122 Å². The Balaban J connectivity index is 1.72. The smallest absolute Gasteiger partial charge is 0.183 e. The van der Waals surface area contributed by atoms with Gasteiger partial charge in [-0.3, -0.25) is 0 Å². The molecular weight excluding hydrogens is 274 g/mol. The van der Waals surface area contributed by atoms with Gasteiger partial charge in [-0.1, -0.05) is 17.4 Å². The lowest BCUT2D eigenvalue weighted by molar-refractivity contribution is 0.00550. The zero-order chi connectivity index (χ0) is 14.0. The van der Waals surface area contributed by atoms with Crippen molar-refractivity contribution >= 4 is 26.7 Å². The number of anilines is 1. The van der Waals surface area contributed by atoms with Crippen molar-refractivity contribution in [3.8, 4) is 0 Å². The maximum absolute atomic E-state index is 9.60. The number of morpholine rings is 1. The Hall–Kier alpha value is -1.21.